The molecule has 8 unspecified atom stereocenters. The average Bonchev–Trinajstić information content (AvgIpc) is 3.72. The van der Waals surface area contributed by atoms with Gasteiger partial charge in [0.15, 0.2) is 23.0 Å². The number of rotatable bonds is 2. The molecule has 2 aromatic carbocycles. The second kappa shape index (κ2) is 12.3. The number of ketones is 1. The molecule has 0 bridgehead atoms. The van der Waals surface area contributed by atoms with Crippen LogP contribution in [0.2, 0.25) is 0 Å². The van der Waals surface area contributed by atoms with Crippen LogP contribution in [0.3, 0.4) is 0 Å². The number of aromatic nitrogens is 1. The lowest BCUT2D eigenvalue weighted by molar-refractivity contribution is -0.0975. The van der Waals surface area contributed by atoms with Gasteiger partial charge < -0.3 is 38.4 Å². The van der Waals surface area contributed by atoms with E-state index < -0.39 is 23.2 Å². The first-order valence-corrected chi connectivity index (χ1v) is 19.5. The van der Waals surface area contributed by atoms with Gasteiger partial charge in [0.2, 0.25) is 0 Å². The molecule has 0 saturated heterocycles. The van der Waals surface area contributed by atoms with Gasteiger partial charge in [-0.3, -0.25) is 4.79 Å². The third-order valence-corrected chi connectivity index (χ3v) is 14.4. The number of phenolic OH excluding ortho intramolecular Hbond substituents is 1. The van der Waals surface area contributed by atoms with Crippen molar-refractivity contribution in [3.05, 3.63) is 64.1 Å². The zero-order valence-electron chi connectivity index (χ0n) is 32.4. The number of terminal acetylenes is 1. The Bertz CT molecular complexity index is 2210. The summed E-state index contributed by atoms with van der Waals surface area (Å²) in [4.78, 5) is 13.6. The molecular weight excluding hydrogens is 698 g/mol. The van der Waals surface area contributed by atoms with Gasteiger partial charge in [0.1, 0.15) is 52.5 Å². The van der Waals surface area contributed by atoms with Gasteiger partial charge in [-0.1, -0.05) is 30.5 Å². The molecule has 7 aliphatic rings. The van der Waals surface area contributed by atoms with Crippen molar-refractivity contribution in [2.45, 2.75) is 95.9 Å². The first kappa shape index (κ1) is 35.8. The van der Waals surface area contributed by atoms with Crippen LogP contribution in [-0.2, 0) is 6.42 Å². The van der Waals surface area contributed by atoms with Gasteiger partial charge >= 0.3 is 0 Å². The molecule has 3 fully saturated rings. The van der Waals surface area contributed by atoms with Gasteiger partial charge in [-0.2, -0.15) is 0 Å². The SMILES string of the molecule is C#CC1(O)CCC2C3CCC4=Cc5oncc5CC4(C)C3CCC21C.COc1cc2c(cc1OC)C1C(=O)c3c(O)cc4c(c3OC1CO2)C=CC(C)(C)O4. The van der Waals surface area contributed by atoms with Crippen molar-refractivity contribution in [1.82, 2.24) is 5.16 Å². The number of carbonyl (C=O) groups excluding carboxylic acids is 1. The Kier molecular flexibility index (Phi) is 8.01. The van der Waals surface area contributed by atoms with E-state index in [1.165, 1.54) is 25.2 Å². The van der Waals surface area contributed by atoms with Crippen LogP contribution in [0, 0.1) is 40.9 Å². The van der Waals surface area contributed by atoms with Crippen molar-refractivity contribution in [1.29, 1.82) is 0 Å². The van der Waals surface area contributed by atoms with Crippen molar-refractivity contribution in [2.24, 2.45) is 28.6 Å². The lowest BCUT2D eigenvalue weighted by Gasteiger charge is -2.58. The summed E-state index contributed by atoms with van der Waals surface area (Å²) < 4.78 is 34.2. The lowest BCUT2D eigenvalue weighted by Crippen LogP contribution is -2.54. The number of Topliss-reactive ketones (excluding diaryl/α,β-unsaturated/α-hetero) is 1. The molecule has 10 nitrogen and oxygen atoms in total. The van der Waals surface area contributed by atoms with Gasteiger partial charge in [-0.05, 0) is 106 Å². The Morgan fingerprint density at radius 2 is 1.76 bits per heavy atom. The second-order valence-electron chi connectivity index (χ2n) is 17.5. The van der Waals surface area contributed by atoms with Crippen molar-refractivity contribution < 1.29 is 43.2 Å². The van der Waals surface area contributed by atoms with Crippen LogP contribution in [0.15, 0.2) is 40.6 Å². The number of nitrogens with zero attached hydrogens (tertiary/aromatic N) is 1. The molecule has 55 heavy (non-hydrogen) atoms. The summed E-state index contributed by atoms with van der Waals surface area (Å²) in [5.41, 5.74) is 2.92. The number of fused-ring (bicyclic) bond motifs is 12. The normalized spacial score (nSPS) is 33.9. The van der Waals surface area contributed by atoms with Gasteiger partial charge in [-0.15, -0.1) is 6.42 Å². The minimum absolute atomic E-state index is 0.114. The third kappa shape index (κ3) is 5.18. The smallest absolute Gasteiger partial charge is 0.181 e. The first-order chi connectivity index (χ1) is 26.2. The van der Waals surface area contributed by atoms with E-state index in [1.807, 2.05) is 32.2 Å². The fraction of sp³-hybridized carbons (Fsp3) is 0.511. The van der Waals surface area contributed by atoms with Crippen LogP contribution in [0.4, 0.5) is 0 Å². The maximum Gasteiger partial charge on any atom is 0.181 e. The van der Waals surface area contributed by atoms with E-state index >= 15 is 0 Å². The number of hydrogen-bond acceptors (Lipinski definition) is 10. The van der Waals surface area contributed by atoms with E-state index in [2.05, 4.69) is 31.0 Å². The van der Waals surface area contributed by atoms with Crippen molar-refractivity contribution >= 4 is 17.9 Å². The molecule has 4 heterocycles. The number of ether oxygens (including phenoxy) is 5. The first-order valence-electron chi connectivity index (χ1n) is 19.5. The maximum absolute atomic E-state index is 13.6. The molecular formula is C45H49NO9. The minimum atomic E-state index is -0.909. The summed E-state index contributed by atoms with van der Waals surface area (Å²) in [6.07, 6.45) is 20.6. The molecule has 8 atom stereocenters. The molecule has 288 valence electrons. The van der Waals surface area contributed by atoms with E-state index in [1.54, 1.807) is 24.8 Å². The van der Waals surface area contributed by atoms with Gasteiger partial charge in [0.25, 0.3) is 0 Å². The predicted octanol–water partition coefficient (Wildman–Crippen LogP) is 7.93. The topological polar surface area (TPSA) is 130 Å². The molecule has 10 rings (SSSR count). The standard InChI is InChI=1S/C23H22O7.C22H27NO2/c1-23(2)6-5-11-15(30-23)8-13(24)20-21(25)19-12-7-16(26-3)17(27-4)9-14(12)28-10-18(19)29-22(11)20;1-4-22(24)10-8-18-16-6-5-15-11-19-14(13-23-25-19)12-20(15,2)17(16)7-9-21(18,22)3/h5-9,18-19,24H,10H2,1-4H3;1,11,13,16-18,24H,5-10,12H2,2-3H3. The number of methoxy groups -OCH3 is 2. The second-order valence-corrected chi connectivity index (χ2v) is 17.5. The number of allylic oxidation sites excluding steroid dienone is 1. The molecule has 3 aromatic rings. The van der Waals surface area contributed by atoms with Crippen LogP contribution in [0.5, 0.6) is 34.5 Å². The zero-order valence-corrected chi connectivity index (χ0v) is 32.4. The highest BCUT2D eigenvalue weighted by Crippen LogP contribution is 2.67. The number of benzene rings is 2. The van der Waals surface area contributed by atoms with Gasteiger partial charge in [0, 0.05) is 28.7 Å². The maximum atomic E-state index is 13.6. The summed E-state index contributed by atoms with van der Waals surface area (Å²) in [7, 11) is 3.07. The summed E-state index contributed by atoms with van der Waals surface area (Å²) in [5, 5.41) is 25.8. The third-order valence-electron chi connectivity index (χ3n) is 14.4. The summed E-state index contributed by atoms with van der Waals surface area (Å²) in [6.45, 7) is 8.74. The van der Waals surface area contributed by atoms with E-state index in [4.69, 9.17) is 34.6 Å². The molecule has 4 aliphatic carbocycles. The Hall–Kier alpha value is -4.88. The number of aromatic hydroxyl groups is 1. The van der Waals surface area contributed by atoms with Crippen molar-refractivity contribution in [3.63, 3.8) is 0 Å². The van der Waals surface area contributed by atoms with Crippen LogP contribution >= 0.6 is 0 Å². The summed E-state index contributed by atoms with van der Waals surface area (Å²) in [6, 6.07) is 4.92. The molecule has 3 saturated carbocycles. The molecule has 3 aliphatic heterocycles. The Labute approximate surface area is 321 Å². The highest BCUT2D eigenvalue weighted by Gasteiger charge is 2.63. The van der Waals surface area contributed by atoms with Crippen LogP contribution < -0.4 is 23.7 Å². The Balaban J connectivity index is 0.000000147. The molecule has 0 radical (unpaired) electrons. The zero-order chi connectivity index (χ0) is 38.7. The largest absolute Gasteiger partial charge is 0.507 e. The highest BCUT2D eigenvalue weighted by molar-refractivity contribution is 6.08. The van der Waals surface area contributed by atoms with E-state index in [0.717, 1.165) is 44.3 Å². The molecule has 1 aromatic heterocycles. The Morgan fingerprint density at radius 1 is 1.00 bits per heavy atom. The quantitative estimate of drug-likeness (QED) is 0.249. The monoisotopic (exact) mass is 747 g/mol. The van der Waals surface area contributed by atoms with E-state index in [9.17, 15) is 15.0 Å². The number of hydrogen-bond donors (Lipinski definition) is 2. The number of carbonyl (C=O) groups is 1. The van der Waals surface area contributed by atoms with E-state index in [-0.39, 0.29) is 34.5 Å². The summed E-state index contributed by atoms with van der Waals surface area (Å²) >= 11 is 0. The Morgan fingerprint density at radius 3 is 2.53 bits per heavy atom. The molecule has 10 heteroatoms. The lowest BCUT2D eigenvalue weighted by atomic mass is 9.46. The number of aliphatic hydroxyl groups is 1. The van der Waals surface area contributed by atoms with Crippen LogP contribution in [0.25, 0.3) is 12.2 Å². The molecule has 0 amide bonds. The molecule has 2 N–H and O–H groups in total. The fourth-order valence-corrected chi connectivity index (χ4v) is 11.4. The molecule has 0 spiro atoms. The average molecular weight is 748 g/mol. The van der Waals surface area contributed by atoms with Crippen LogP contribution in [0.1, 0.15) is 105 Å². The highest BCUT2D eigenvalue weighted by atomic mass is 16.5. The van der Waals surface area contributed by atoms with Crippen molar-refractivity contribution in [2.75, 3.05) is 20.8 Å². The van der Waals surface area contributed by atoms with Crippen molar-refractivity contribution in [3.8, 4) is 46.8 Å². The predicted molar refractivity (Wildman–Crippen MR) is 205 cm³/mol. The minimum Gasteiger partial charge on any atom is -0.507 e. The summed E-state index contributed by atoms with van der Waals surface area (Å²) in [5.74, 6) is 6.98. The van der Waals surface area contributed by atoms with E-state index in [0.29, 0.717) is 57.6 Å². The number of phenols is 1. The fourth-order valence-electron chi connectivity index (χ4n) is 11.4. The van der Waals surface area contributed by atoms with Crippen LogP contribution in [-0.4, -0.2) is 59.3 Å². The van der Waals surface area contributed by atoms with Gasteiger partial charge in [-0.25, -0.2) is 0 Å². The van der Waals surface area contributed by atoms with Gasteiger partial charge in [0.05, 0.1) is 31.9 Å².